The first-order chi connectivity index (χ1) is 9.79. The van der Waals surface area contributed by atoms with Crippen LogP contribution in [0.3, 0.4) is 0 Å². The molecule has 0 spiro atoms. The van der Waals surface area contributed by atoms with Gasteiger partial charge in [-0.3, -0.25) is 0 Å². The fourth-order valence-corrected chi connectivity index (χ4v) is 4.15. The first-order valence-corrected chi connectivity index (χ1v) is 8.21. The second kappa shape index (κ2) is 5.84. The molecule has 0 fully saturated rings. The molecule has 112 valence electrons. The Labute approximate surface area is 125 Å². The minimum atomic E-state index is -3.78. The van der Waals surface area contributed by atoms with Crippen molar-refractivity contribution in [3.8, 4) is 5.75 Å². The fourth-order valence-electron chi connectivity index (χ4n) is 1.71. The zero-order valence-corrected chi connectivity index (χ0v) is 12.7. The van der Waals surface area contributed by atoms with E-state index < -0.39 is 16.0 Å². The van der Waals surface area contributed by atoms with Crippen LogP contribution in [0.25, 0.3) is 0 Å². The Balaban J connectivity index is 2.18. The van der Waals surface area contributed by atoms with Crippen molar-refractivity contribution >= 4 is 27.3 Å². The molecule has 1 heterocycles. The lowest BCUT2D eigenvalue weighted by Gasteiger charge is -2.06. The van der Waals surface area contributed by atoms with Gasteiger partial charge in [-0.25, -0.2) is 17.9 Å². The van der Waals surface area contributed by atoms with Gasteiger partial charge in [0, 0.05) is 11.4 Å². The van der Waals surface area contributed by atoms with Crippen molar-refractivity contribution in [2.24, 2.45) is 0 Å². The van der Waals surface area contributed by atoms with Crippen molar-refractivity contribution in [2.45, 2.75) is 18.4 Å². The number of aromatic hydroxyl groups is 1. The van der Waals surface area contributed by atoms with Crippen LogP contribution < -0.4 is 4.72 Å². The maximum atomic E-state index is 12.2. The van der Waals surface area contributed by atoms with Crippen molar-refractivity contribution in [1.29, 1.82) is 0 Å². The molecule has 6 nitrogen and oxygen atoms in total. The van der Waals surface area contributed by atoms with Gasteiger partial charge in [0.2, 0.25) is 10.0 Å². The summed E-state index contributed by atoms with van der Waals surface area (Å²) in [6, 6.07) is 7.27. The fraction of sp³-hybridized carbons (Fsp3) is 0.154. The number of rotatable bonds is 5. The largest absolute Gasteiger partial charge is 0.508 e. The third-order valence-corrected chi connectivity index (χ3v) is 5.47. The number of carbonyl (C=O) groups is 1. The molecule has 8 heteroatoms. The number of phenolic OH excluding ortho intramolecular Hbond substituents is 1. The van der Waals surface area contributed by atoms with E-state index in [1.54, 1.807) is 19.1 Å². The van der Waals surface area contributed by atoms with E-state index in [4.69, 9.17) is 10.2 Å². The number of benzene rings is 1. The van der Waals surface area contributed by atoms with E-state index in [0.717, 1.165) is 17.4 Å². The number of sulfonamides is 1. The van der Waals surface area contributed by atoms with Gasteiger partial charge in [-0.05, 0) is 30.7 Å². The summed E-state index contributed by atoms with van der Waals surface area (Å²) < 4.78 is 26.8. The minimum absolute atomic E-state index is 0.0162. The molecule has 1 aromatic heterocycles. The average Bonchev–Trinajstić information content (AvgIpc) is 2.81. The Morgan fingerprint density at radius 3 is 2.43 bits per heavy atom. The third kappa shape index (κ3) is 3.60. The van der Waals surface area contributed by atoms with E-state index in [0.29, 0.717) is 10.4 Å². The molecule has 3 N–H and O–H groups in total. The van der Waals surface area contributed by atoms with E-state index in [-0.39, 0.29) is 22.1 Å². The molecule has 0 radical (unpaired) electrons. The van der Waals surface area contributed by atoms with Gasteiger partial charge >= 0.3 is 5.97 Å². The topological polar surface area (TPSA) is 104 Å². The van der Waals surface area contributed by atoms with Gasteiger partial charge in [0.1, 0.15) is 10.6 Å². The van der Waals surface area contributed by atoms with Gasteiger partial charge in [0.25, 0.3) is 0 Å². The van der Waals surface area contributed by atoms with Crippen LogP contribution in [-0.4, -0.2) is 24.6 Å². The first-order valence-electron chi connectivity index (χ1n) is 5.91. The predicted octanol–water partition coefficient (Wildman–Crippen LogP) is 1.94. The Kier molecular flexibility index (Phi) is 4.31. The van der Waals surface area contributed by atoms with Crippen molar-refractivity contribution in [1.82, 2.24) is 4.72 Å². The Morgan fingerprint density at radius 2 is 1.90 bits per heavy atom. The lowest BCUT2D eigenvalue weighted by Crippen LogP contribution is -2.23. The summed E-state index contributed by atoms with van der Waals surface area (Å²) in [6.07, 6.45) is 0. The van der Waals surface area contributed by atoms with Crippen molar-refractivity contribution < 1.29 is 23.4 Å². The zero-order chi connectivity index (χ0) is 15.6. The van der Waals surface area contributed by atoms with Crippen LogP contribution in [0, 0.1) is 6.92 Å². The Hall–Kier alpha value is -1.90. The molecule has 0 saturated carbocycles. The van der Waals surface area contributed by atoms with Gasteiger partial charge in [0.05, 0.1) is 4.90 Å². The molecular formula is C13H13NO5S2. The van der Waals surface area contributed by atoms with Crippen LogP contribution in [0.4, 0.5) is 0 Å². The molecule has 0 amide bonds. The van der Waals surface area contributed by atoms with Crippen molar-refractivity contribution in [3.63, 3.8) is 0 Å². The number of hydrogen-bond acceptors (Lipinski definition) is 5. The first kappa shape index (κ1) is 15.5. The molecular weight excluding hydrogens is 314 g/mol. The highest BCUT2D eigenvalue weighted by Crippen LogP contribution is 2.25. The second-order valence-corrected chi connectivity index (χ2v) is 7.32. The van der Waals surface area contributed by atoms with Crippen molar-refractivity contribution in [3.05, 3.63) is 45.6 Å². The predicted molar refractivity (Wildman–Crippen MR) is 78.1 cm³/mol. The van der Waals surface area contributed by atoms with Gasteiger partial charge in [0.15, 0.2) is 0 Å². The molecule has 0 atom stereocenters. The van der Waals surface area contributed by atoms with Gasteiger partial charge in [-0.15, -0.1) is 11.3 Å². The number of hydrogen-bond donors (Lipinski definition) is 3. The van der Waals surface area contributed by atoms with E-state index in [1.807, 2.05) is 0 Å². The van der Waals surface area contributed by atoms with Crippen LogP contribution >= 0.6 is 11.3 Å². The summed E-state index contributed by atoms with van der Waals surface area (Å²) in [5.74, 6) is -1.05. The van der Waals surface area contributed by atoms with Crippen molar-refractivity contribution in [2.75, 3.05) is 0 Å². The highest BCUT2D eigenvalue weighted by atomic mass is 32.2. The van der Waals surface area contributed by atoms with Crippen LogP contribution in [-0.2, 0) is 16.6 Å². The summed E-state index contributed by atoms with van der Waals surface area (Å²) in [4.78, 5) is 11.3. The van der Waals surface area contributed by atoms with Crippen LogP contribution in [0.2, 0.25) is 0 Å². The molecule has 2 rings (SSSR count). The van der Waals surface area contributed by atoms with Gasteiger partial charge in [-0.1, -0.05) is 12.1 Å². The minimum Gasteiger partial charge on any atom is -0.508 e. The molecule has 0 aliphatic rings. The number of thiophene rings is 1. The SMILES string of the molecule is Cc1sc(C(=O)O)cc1S(=O)(=O)NCc1ccc(O)cc1. The van der Waals surface area contributed by atoms with Crippen LogP contribution in [0.1, 0.15) is 20.1 Å². The van der Waals surface area contributed by atoms with E-state index in [1.165, 1.54) is 12.1 Å². The third-order valence-electron chi connectivity index (χ3n) is 2.78. The number of phenols is 1. The monoisotopic (exact) mass is 327 g/mol. The number of carboxylic acids is 1. The lowest BCUT2D eigenvalue weighted by molar-refractivity contribution is 0.0702. The molecule has 2 aromatic rings. The van der Waals surface area contributed by atoms with Crippen LogP contribution in [0.5, 0.6) is 5.75 Å². The smallest absolute Gasteiger partial charge is 0.345 e. The van der Waals surface area contributed by atoms with Gasteiger partial charge in [-0.2, -0.15) is 0 Å². The molecule has 0 aliphatic heterocycles. The second-order valence-electron chi connectivity index (χ2n) is 4.33. The highest BCUT2D eigenvalue weighted by molar-refractivity contribution is 7.89. The summed E-state index contributed by atoms with van der Waals surface area (Å²) in [5.41, 5.74) is 0.683. The van der Waals surface area contributed by atoms with E-state index in [9.17, 15) is 13.2 Å². The maximum Gasteiger partial charge on any atom is 0.345 e. The number of aromatic carboxylic acids is 1. The summed E-state index contributed by atoms with van der Waals surface area (Å²) in [7, 11) is -3.78. The number of nitrogens with one attached hydrogen (secondary N) is 1. The average molecular weight is 327 g/mol. The lowest BCUT2D eigenvalue weighted by atomic mass is 10.2. The Bertz CT molecular complexity index is 762. The Morgan fingerprint density at radius 1 is 1.29 bits per heavy atom. The van der Waals surface area contributed by atoms with E-state index >= 15 is 0 Å². The zero-order valence-electron chi connectivity index (χ0n) is 11.0. The normalized spacial score (nSPS) is 11.5. The summed E-state index contributed by atoms with van der Waals surface area (Å²) in [5, 5.41) is 18.1. The van der Waals surface area contributed by atoms with E-state index in [2.05, 4.69) is 4.72 Å². The van der Waals surface area contributed by atoms with Crippen LogP contribution in [0.15, 0.2) is 35.2 Å². The molecule has 0 aliphatic carbocycles. The number of carboxylic acid groups (broad SMARTS) is 1. The molecule has 21 heavy (non-hydrogen) atoms. The quantitative estimate of drug-likeness (QED) is 0.778. The maximum absolute atomic E-state index is 12.2. The molecule has 1 aromatic carbocycles. The molecule has 0 unspecified atom stereocenters. The molecule has 0 saturated heterocycles. The summed E-state index contributed by atoms with van der Waals surface area (Å²) >= 11 is 0.921. The highest BCUT2D eigenvalue weighted by Gasteiger charge is 2.21. The summed E-state index contributed by atoms with van der Waals surface area (Å²) in [6.45, 7) is 1.62. The number of aryl methyl sites for hydroxylation is 1. The van der Waals surface area contributed by atoms with Gasteiger partial charge < -0.3 is 10.2 Å². The molecule has 0 bridgehead atoms. The standard InChI is InChI=1S/C13H13NO5S2/c1-8-12(6-11(20-8)13(16)17)21(18,19)14-7-9-2-4-10(15)5-3-9/h2-6,14-15H,7H2,1H3,(H,16,17).